The van der Waals surface area contributed by atoms with Gasteiger partial charge in [0.25, 0.3) is 0 Å². The summed E-state index contributed by atoms with van der Waals surface area (Å²) in [6.45, 7) is 1.50. The Balaban J connectivity index is 1.93. The Hall–Kier alpha value is -2.08. The van der Waals surface area contributed by atoms with Gasteiger partial charge in [0.2, 0.25) is 5.91 Å². The summed E-state index contributed by atoms with van der Waals surface area (Å²) in [5.74, 6) is 0.122. The summed E-state index contributed by atoms with van der Waals surface area (Å²) in [6, 6.07) is 6.90. The minimum atomic E-state index is -0.126. The van der Waals surface area contributed by atoms with Crippen LogP contribution in [0.5, 0.6) is 0 Å². The highest BCUT2D eigenvalue weighted by Crippen LogP contribution is 2.16. The summed E-state index contributed by atoms with van der Waals surface area (Å²) < 4.78 is 1.86. The lowest BCUT2D eigenvalue weighted by molar-refractivity contribution is -0.113. The number of carbonyl (C=O) groups is 2. The number of aromatic nitrogens is 2. The van der Waals surface area contributed by atoms with E-state index in [1.807, 2.05) is 17.8 Å². The van der Waals surface area contributed by atoms with Crippen LogP contribution in [0, 0.1) is 0 Å². The van der Waals surface area contributed by atoms with E-state index >= 15 is 0 Å². The predicted molar refractivity (Wildman–Crippen MR) is 79.0 cm³/mol. The second kappa shape index (κ2) is 6.38. The van der Waals surface area contributed by atoms with E-state index < -0.39 is 0 Å². The van der Waals surface area contributed by atoms with Crippen molar-refractivity contribution >= 4 is 29.1 Å². The first-order chi connectivity index (χ1) is 9.56. The van der Waals surface area contributed by atoms with Crippen molar-refractivity contribution in [2.75, 3.05) is 11.1 Å². The number of carbonyl (C=O) groups excluding carboxylic acids is 2. The van der Waals surface area contributed by atoms with Crippen LogP contribution in [0.25, 0.3) is 0 Å². The molecular weight excluding hydrogens is 274 g/mol. The maximum atomic E-state index is 11.8. The number of anilines is 1. The van der Waals surface area contributed by atoms with E-state index in [-0.39, 0.29) is 17.4 Å². The molecule has 1 heterocycles. The summed E-state index contributed by atoms with van der Waals surface area (Å²) in [5, 5.41) is 3.56. The lowest BCUT2D eigenvalue weighted by Gasteiger charge is -2.06. The van der Waals surface area contributed by atoms with Crippen molar-refractivity contribution < 1.29 is 9.59 Å². The fourth-order valence-corrected chi connectivity index (χ4v) is 2.37. The molecule has 0 aliphatic rings. The molecule has 1 amide bonds. The highest BCUT2D eigenvalue weighted by molar-refractivity contribution is 7.99. The Morgan fingerprint density at radius 1 is 1.40 bits per heavy atom. The van der Waals surface area contributed by atoms with E-state index in [0.717, 1.165) is 5.16 Å². The van der Waals surface area contributed by atoms with Gasteiger partial charge in [-0.3, -0.25) is 9.59 Å². The minimum Gasteiger partial charge on any atom is -0.329 e. The van der Waals surface area contributed by atoms with Gasteiger partial charge in [0.15, 0.2) is 10.9 Å². The molecule has 1 aromatic heterocycles. The van der Waals surface area contributed by atoms with Crippen molar-refractivity contribution in [1.29, 1.82) is 0 Å². The van der Waals surface area contributed by atoms with E-state index in [2.05, 4.69) is 10.3 Å². The average molecular weight is 289 g/mol. The van der Waals surface area contributed by atoms with Gasteiger partial charge in [-0.2, -0.15) is 0 Å². The number of rotatable bonds is 5. The van der Waals surface area contributed by atoms with Gasteiger partial charge in [-0.05, 0) is 19.1 Å². The monoisotopic (exact) mass is 289 g/mol. The number of nitrogens with zero attached hydrogens (tertiary/aromatic N) is 2. The molecule has 0 aliphatic heterocycles. The van der Waals surface area contributed by atoms with E-state index in [0.29, 0.717) is 11.3 Å². The third-order valence-electron chi connectivity index (χ3n) is 2.66. The van der Waals surface area contributed by atoms with Crippen LogP contribution in [0.3, 0.4) is 0 Å². The standard InChI is InChI=1S/C14H15N3O2S/c1-10(18)11-4-3-5-12(8-11)16-13(19)9-20-14-15-6-7-17(14)2/h3-8H,9H2,1-2H3,(H,16,19). The first-order valence-corrected chi connectivity index (χ1v) is 7.06. The Morgan fingerprint density at radius 2 is 2.20 bits per heavy atom. The van der Waals surface area contributed by atoms with Crippen molar-refractivity contribution in [2.24, 2.45) is 7.05 Å². The average Bonchev–Trinajstić information content (AvgIpc) is 2.82. The Morgan fingerprint density at radius 3 is 2.85 bits per heavy atom. The molecule has 2 aromatic rings. The molecule has 20 heavy (non-hydrogen) atoms. The molecule has 6 heteroatoms. The summed E-state index contributed by atoms with van der Waals surface area (Å²) in [7, 11) is 1.88. The van der Waals surface area contributed by atoms with E-state index in [4.69, 9.17) is 0 Å². The number of benzene rings is 1. The Kier molecular flexibility index (Phi) is 4.57. The van der Waals surface area contributed by atoms with Crippen LogP contribution < -0.4 is 5.32 Å². The summed E-state index contributed by atoms with van der Waals surface area (Å²) in [5.41, 5.74) is 1.21. The van der Waals surface area contributed by atoms with E-state index in [9.17, 15) is 9.59 Å². The summed E-state index contributed by atoms with van der Waals surface area (Å²) in [4.78, 5) is 27.3. The molecule has 5 nitrogen and oxygen atoms in total. The summed E-state index contributed by atoms with van der Waals surface area (Å²) >= 11 is 1.36. The van der Waals surface area contributed by atoms with Crippen LogP contribution >= 0.6 is 11.8 Å². The van der Waals surface area contributed by atoms with Gasteiger partial charge in [0.1, 0.15) is 0 Å². The molecule has 1 aromatic carbocycles. The number of Topliss-reactive ketones (excluding diaryl/α,β-unsaturated/α-hetero) is 1. The number of amides is 1. The van der Waals surface area contributed by atoms with Gasteiger partial charge in [0, 0.05) is 30.7 Å². The molecular formula is C14H15N3O2S. The largest absolute Gasteiger partial charge is 0.329 e. The second-order valence-corrected chi connectivity index (χ2v) is 5.24. The van der Waals surface area contributed by atoms with Crippen molar-refractivity contribution in [3.63, 3.8) is 0 Å². The van der Waals surface area contributed by atoms with Gasteiger partial charge >= 0.3 is 0 Å². The zero-order valence-corrected chi connectivity index (χ0v) is 12.1. The lowest BCUT2D eigenvalue weighted by atomic mass is 10.1. The Labute approximate surface area is 121 Å². The number of thioether (sulfide) groups is 1. The molecule has 0 bridgehead atoms. The number of imidazole rings is 1. The first-order valence-electron chi connectivity index (χ1n) is 6.07. The lowest BCUT2D eigenvalue weighted by Crippen LogP contribution is -2.14. The van der Waals surface area contributed by atoms with Crippen molar-refractivity contribution in [1.82, 2.24) is 9.55 Å². The normalized spacial score (nSPS) is 10.3. The Bertz CT molecular complexity index is 637. The maximum absolute atomic E-state index is 11.8. The molecule has 0 saturated carbocycles. The SMILES string of the molecule is CC(=O)c1cccc(NC(=O)CSc2nccn2C)c1. The molecule has 0 atom stereocenters. The van der Waals surface area contributed by atoms with Crippen LogP contribution in [0.4, 0.5) is 5.69 Å². The molecule has 2 rings (SSSR count). The quantitative estimate of drug-likeness (QED) is 0.678. The minimum absolute atomic E-state index is 0.0246. The summed E-state index contributed by atoms with van der Waals surface area (Å²) in [6.07, 6.45) is 3.52. The van der Waals surface area contributed by atoms with Crippen molar-refractivity contribution in [2.45, 2.75) is 12.1 Å². The predicted octanol–water partition coefficient (Wildman–Crippen LogP) is 2.35. The van der Waals surface area contributed by atoms with Crippen LogP contribution in [-0.4, -0.2) is 27.0 Å². The number of ketones is 1. The topological polar surface area (TPSA) is 64.0 Å². The molecule has 0 aliphatic carbocycles. The fraction of sp³-hybridized carbons (Fsp3) is 0.214. The molecule has 104 valence electrons. The number of nitrogens with one attached hydrogen (secondary N) is 1. The molecule has 0 radical (unpaired) electrons. The van der Waals surface area contributed by atoms with E-state index in [1.54, 1.807) is 30.5 Å². The highest BCUT2D eigenvalue weighted by Gasteiger charge is 2.07. The third-order valence-corrected chi connectivity index (χ3v) is 3.72. The highest BCUT2D eigenvalue weighted by atomic mass is 32.2. The molecule has 0 unspecified atom stereocenters. The smallest absolute Gasteiger partial charge is 0.234 e. The number of hydrogen-bond donors (Lipinski definition) is 1. The maximum Gasteiger partial charge on any atom is 0.234 e. The van der Waals surface area contributed by atoms with Crippen LogP contribution in [-0.2, 0) is 11.8 Å². The zero-order chi connectivity index (χ0) is 14.5. The van der Waals surface area contributed by atoms with Crippen LogP contribution in [0.2, 0.25) is 0 Å². The van der Waals surface area contributed by atoms with Gasteiger partial charge in [0.05, 0.1) is 5.75 Å². The fourth-order valence-electron chi connectivity index (χ4n) is 1.63. The zero-order valence-electron chi connectivity index (χ0n) is 11.3. The first kappa shape index (κ1) is 14.3. The third kappa shape index (κ3) is 3.71. The van der Waals surface area contributed by atoms with Gasteiger partial charge < -0.3 is 9.88 Å². The number of hydrogen-bond acceptors (Lipinski definition) is 4. The molecule has 1 N–H and O–H groups in total. The number of aryl methyl sites for hydroxylation is 1. The molecule has 0 spiro atoms. The second-order valence-electron chi connectivity index (χ2n) is 4.29. The van der Waals surface area contributed by atoms with Crippen molar-refractivity contribution in [3.8, 4) is 0 Å². The van der Waals surface area contributed by atoms with Crippen LogP contribution in [0.1, 0.15) is 17.3 Å². The molecule has 0 fully saturated rings. The van der Waals surface area contributed by atoms with E-state index in [1.165, 1.54) is 18.7 Å². The van der Waals surface area contributed by atoms with Gasteiger partial charge in [-0.25, -0.2) is 4.98 Å². The molecule has 0 saturated heterocycles. The van der Waals surface area contributed by atoms with Gasteiger partial charge in [-0.15, -0.1) is 0 Å². The van der Waals surface area contributed by atoms with Crippen LogP contribution in [0.15, 0.2) is 41.8 Å². The van der Waals surface area contributed by atoms with Gasteiger partial charge in [-0.1, -0.05) is 23.9 Å². The van der Waals surface area contributed by atoms with Crippen molar-refractivity contribution in [3.05, 3.63) is 42.2 Å².